The summed E-state index contributed by atoms with van der Waals surface area (Å²) in [5.74, 6) is 0.860. The molecule has 5 heterocycles. The van der Waals surface area contributed by atoms with Gasteiger partial charge in [0.25, 0.3) is 0 Å². The van der Waals surface area contributed by atoms with Gasteiger partial charge in [-0.05, 0) is 60.7 Å². The molecule has 0 unspecified atom stereocenters. The Bertz CT molecular complexity index is 1340. The number of rotatable bonds is 5. The molecule has 0 saturated carbocycles. The third-order valence-corrected chi connectivity index (χ3v) is 7.06. The Morgan fingerprint density at radius 3 is 2.75 bits per heavy atom. The number of hydrogen-bond acceptors (Lipinski definition) is 5. The molecule has 5 aromatic rings. The first-order valence-corrected chi connectivity index (χ1v) is 11.5. The molecular weight excluding hydrogens is 438 g/mol. The average molecular weight is 458 g/mol. The van der Waals surface area contributed by atoms with Gasteiger partial charge in [-0.1, -0.05) is 29.5 Å². The van der Waals surface area contributed by atoms with Gasteiger partial charge < -0.3 is 14.6 Å². The number of nitrogens with zero attached hydrogens (tertiary/aromatic N) is 4. The minimum Gasteiger partial charge on any atom is -0.467 e. The normalized spacial score (nSPS) is 18.4. The van der Waals surface area contributed by atoms with Crippen molar-refractivity contribution in [3.63, 3.8) is 0 Å². The van der Waals surface area contributed by atoms with E-state index in [1.54, 1.807) is 17.6 Å². The predicted octanol–water partition coefficient (Wildman–Crippen LogP) is 5.25. The fourth-order valence-electron chi connectivity index (χ4n) is 4.24. The summed E-state index contributed by atoms with van der Waals surface area (Å²) in [6.07, 6.45) is 5.57. The number of furan rings is 1. The molecule has 1 aliphatic heterocycles. The molecule has 6 nitrogen and oxygen atoms in total. The topological polar surface area (TPSA) is 59.1 Å². The van der Waals surface area contributed by atoms with Crippen LogP contribution in [-0.2, 0) is 6.54 Å². The molecule has 4 aromatic heterocycles. The van der Waals surface area contributed by atoms with Crippen LogP contribution in [0.2, 0.25) is 0 Å². The lowest BCUT2D eigenvalue weighted by Gasteiger charge is -2.27. The molecule has 0 bridgehead atoms. The number of thiocarbonyl (C=S) groups is 1. The van der Waals surface area contributed by atoms with Gasteiger partial charge in [0.1, 0.15) is 5.76 Å². The Kier molecular flexibility index (Phi) is 4.74. The van der Waals surface area contributed by atoms with E-state index in [0.29, 0.717) is 11.7 Å². The van der Waals surface area contributed by atoms with Gasteiger partial charge in [-0.3, -0.25) is 9.55 Å². The van der Waals surface area contributed by atoms with Gasteiger partial charge in [0.05, 0.1) is 46.5 Å². The predicted molar refractivity (Wildman–Crippen MR) is 129 cm³/mol. The Morgan fingerprint density at radius 2 is 1.94 bits per heavy atom. The number of hydrogen-bond donors (Lipinski definition) is 1. The average Bonchev–Trinajstić information content (AvgIpc) is 3.61. The van der Waals surface area contributed by atoms with Gasteiger partial charge >= 0.3 is 0 Å². The van der Waals surface area contributed by atoms with E-state index in [1.807, 2.05) is 54.7 Å². The van der Waals surface area contributed by atoms with Crippen molar-refractivity contribution in [2.75, 3.05) is 0 Å². The molecule has 32 heavy (non-hydrogen) atoms. The molecule has 8 heteroatoms. The maximum atomic E-state index is 5.78. The van der Waals surface area contributed by atoms with Gasteiger partial charge in [-0.2, -0.15) is 0 Å². The molecular formula is C24H19N5OS2. The van der Waals surface area contributed by atoms with E-state index >= 15 is 0 Å². The van der Waals surface area contributed by atoms with E-state index in [0.717, 1.165) is 32.5 Å². The fraction of sp³-hybridized carbons (Fsp3) is 0.125. The van der Waals surface area contributed by atoms with Gasteiger partial charge in [-0.25, -0.2) is 4.98 Å². The lowest BCUT2D eigenvalue weighted by Crippen LogP contribution is -2.29. The molecule has 0 amide bonds. The summed E-state index contributed by atoms with van der Waals surface area (Å²) in [5, 5.41) is 5.11. The summed E-state index contributed by atoms with van der Waals surface area (Å²) in [5.41, 5.74) is 3.04. The zero-order chi connectivity index (χ0) is 21.5. The van der Waals surface area contributed by atoms with E-state index in [4.69, 9.17) is 21.6 Å². The molecule has 1 aliphatic rings. The lowest BCUT2D eigenvalue weighted by atomic mass is 10.0. The molecule has 1 N–H and O–H groups in total. The molecule has 0 radical (unpaired) electrons. The maximum absolute atomic E-state index is 5.78. The van der Waals surface area contributed by atoms with Crippen molar-refractivity contribution >= 4 is 38.9 Å². The fourth-order valence-corrected chi connectivity index (χ4v) is 5.52. The molecule has 0 spiro atoms. The number of pyridine rings is 1. The van der Waals surface area contributed by atoms with Crippen LogP contribution in [0.15, 0.2) is 89.8 Å². The number of nitrogens with one attached hydrogen (secondary N) is 1. The second-order valence-electron chi connectivity index (χ2n) is 7.60. The standard InChI is InChI=1S/C24H19N5OS2/c31-23-27-21(18-9-3-4-12-25-18)22(29(23)15-16-7-6-14-30-16)19-10-5-13-28(19)24-26-17-8-1-2-11-20(17)32-24/h1-14,21-22H,15H2,(H,27,31)/t21-,22+/m1/s1. The van der Waals surface area contributed by atoms with Crippen LogP contribution in [0.3, 0.4) is 0 Å². The van der Waals surface area contributed by atoms with E-state index in [9.17, 15) is 0 Å². The Labute approximate surface area is 194 Å². The van der Waals surface area contributed by atoms with Crippen LogP contribution >= 0.6 is 23.6 Å². The second kappa shape index (κ2) is 7.89. The number of thiazole rings is 1. The number of benzene rings is 1. The summed E-state index contributed by atoms with van der Waals surface area (Å²) < 4.78 is 8.97. The van der Waals surface area contributed by atoms with E-state index in [-0.39, 0.29) is 12.1 Å². The number of aromatic nitrogens is 3. The zero-order valence-electron chi connectivity index (χ0n) is 17.0. The number of para-hydroxylation sites is 1. The first-order chi connectivity index (χ1) is 15.8. The number of fused-ring (bicyclic) bond motifs is 1. The Morgan fingerprint density at radius 1 is 1.03 bits per heavy atom. The van der Waals surface area contributed by atoms with Crippen LogP contribution in [0.1, 0.15) is 29.2 Å². The van der Waals surface area contributed by atoms with Gasteiger partial charge in [0, 0.05) is 12.4 Å². The van der Waals surface area contributed by atoms with Crippen molar-refractivity contribution in [2.45, 2.75) is 18.6 Å². The highest BCUT2D eigenvalue weighted by atomic mass is 32.1. The largest absolute Gasteiger partial charge is 0.467 e. The van der Waals surface area contributed by atoms with Crippen molar-refractivity contribution in [3.05, 3.63) is 103 Å². The van der Waals surface area contributed by atoms with Crippen molar-refractivity contribution in [3.8, 4) is 5.13 Å². The smallest absolute Gasteiger partial charge is 0.194 e. The quantitative estimate of drug-likeness (QED) is 0.364. The molecule has 1 fully saturated rings. The summed E-state index contributed by atoms with van der Waals surface area (Å²) in [4.78, 5) is 11.7. The second-order valence-corrected chi connectivity index (χ2v) is 9.00. The minimum absolute atomic E-state index is 0.0792. The highest BCUT2D eigenvalue weighted by Gasteiger charge is 2.41. The first kappa shape index (κ1) is 19.2. The summed E-state index contributed by atoms with van der Waals surface area (Å²) in [6, 6.07) is 22.1. The van der Waals surface area contributed by atoms with Crippen LogP contribution in [0.25, 0.3) is 15.3 Å². The molecule has 158 valence electrons. The summed E-state index contributed by atoms with van der Waals surface area (Å²) in [6.45, 7) is 0.567. The zero-order valence-corrected chi connectivity index (χ0v) is 18.6. The lowest BCUT2D eigenvalue weighted by molar-refractivity contribution is 0.280. The highest BCUT2D eigenvalue weighted by Crippen LogP contribution is 2.41. The third kappa shape index (κ3) is 3.28. The molecule has 6 rings (SSSR count). The van der Waals surface area contributed by atoms with Gasteiger partial charge in [0.2, 0.25) is 0 Å². The minimum atomic E-state index is -0.0957. The van der Waals surface area contributed by atoms with Crippen molar-refractivity contribution in [1.29, 1.82) is 0 Å². The van der Waals surface area contributed by atoms with Crippen molar-refractivity contribution in [1.82, 2.24) is 24.8 Å². The molecule has 2 atom stereocenters. The summed E-state index contributed by atoms with van der Waals surface area (Å²) in [7, 11) is 0. The highest BCUT2D eigenvalue weighted by molar-refractivity contribution is 7.80. The van der Waals surface area contributed by atoms with Crippen LogP contribution < -0.4 is 5.32 Å². The SMILES string of the molecule is S=C1N[C@H](c2ccccn2)[C@H](c2cccn2-c2nc3ccccc3s2)N1Cc1ccco1. The molecule has 1 aromatic carbocycles. The van der Waals surface area contributed by atoms with E-state index in [2.05, 4.69) is 44.2 Å². The third-order valence-electron chi connectivity index (χ3n) is 5.68. The van der Waals surface area contributed by atoms with Gasteiger partial charge in [0.15, 0.2) is 10.2 Å². The van der Waals surface area contributed by atoms with Crippen LogP contribution in [0.5, 0.6) is 0 Å². The Hall–Kier alpha value is -3.49. The molecule has 0 aliphatic carbocycles. The summed E-state index contributed by atoms with van der Waals surface area (Å²) >= 11 is 7.46. The van der Waals surface area contributed by atoms with E-state index < -0.39 is 0 Å². The van der Waals surface area contributed by atoms with Crippen LogP contribution in [-0.4, -0.2) is 24.5 Å². The molecule has 1 saturated heterocycles. The van der Waals surface area contributed by atoms with Crippen molar-refractivity contribution in [2.24, 2.45) is 0 Å². The Balaban J connectivity index is 1.47. The first-order valence-electron chi connectivity index (χ1n) is 10.3. The van der Waals surface area contributed by atoms with Crippen LogP contribution in [0.4, 0.5) is 0 Å². The van der Waals surface area contributed by atoms with Crippen molar-refractivity contribution < 1.29 is 4.42 Å². The van der Waals surface area contributed by atoms with Crippen LogP contribution in [0, 0.1) is 0 Å². The van der Waals surface area contributed by atoms with Gasteiger partial charge in [-0.15, -0.1) is 0 Å². The monoisotopic (exact) mass is 457 g/mol. The maximum Gasteiger partial charge on any atom is 0.194 e. The van der Waals surface area contributed by atoms with E-state index in [1.165, 1.54) is 0 Å².